The SMILES string of the molecule is C[I-]c1ccc(CC(=O)O)cc1. The van der Waals surface area contributed by atoms with Crippen LogP contribution in [0.2, 0.25) is 0 Å². The van der Waals surface area contributed by atoms with Gasteiger partial charge < -0.3 is 0 Å². The van der Waals surface area contributed by atoms with Gasteiger partial charge in [-0.2, -0.15) is 0 Å². The predicted octanol–water partition coefficient (Wildman–Crippen LogP) is -1.80. The number of aliphatic carboxylic acids is 1. The minimum atomic E-state index is -0.769. The van der Waals surface area contributed by atoms with Crippen molar-refractivity contribution in [3.63, 3.8) is 0 Å². The molecule has 12 heavy (non-hydrogen) atoms. The summed E-state index contributed by atoms with van der Waals surface area (Å²) in [6.45, 7) is 0. The molecule has 0 spiro atoms. The van der Waals surface area contributed by atoms with Crippen molar-refractivity contribution in [1.82, 2.24) is 0 Å². The van der Waals surface area contributed by atoms with E-state index in [2.05, 4.69) is 4.93 Å². The Kier molecular flexibility index (Phi) is 3.52. The Hall–Kier alpha value is -0.580. The molecule has 0 saturated carbocycles. The molecule has 0 radical (unpaired) electrons. The molecule has 0 atom stereocenters. The molecule has 0 unspecified atom stereocenters. The Labute approximate surface area is 81.9 Å². The first-order valence-electron chi connectivity index (χ1n) is 3.52. The van der Waals surface area contributed by atoms with Crippen LogP contribution < -0.4 is 21.2 Å². The van der Waals surface area contributed by atoms with Gasteiger partial charge in [0.2, 0.25) is 0 Å². The Balaban J connectivity index is 2.71. The second kappa shape index (κ2) is 4.45. The van der Waals surface area contributed by atoms with Crippen LogP contribution in [-0.2, 0) is 11.2 Å². The van der Waals surface area contributed by atoms with E-state index in [1.54, 1.807) is 0 Å². The van der Waals surface area contributed by atoms with Crippen molar-refractivity contribution >= 4 is 5.97 Å². The average molecular weight is 277 g/mol. The van der Waals surface area contributed by atoms with Crippen molar-refractivity contribution < 1.29 is 31.1 Å². The summed E-state index contributed by atoms with van der Waals surface area (Å²) in [5.74, 6) is -0.769. The van der Waals surface area contributed by atoms with Gasteiger partial charge in [0.1, 0.15) is 0 Å². The summed E-state index contributed by atoms with van der Waals surface area (Å²) in [4.78, 5) is 12.5. The van der Waals surface area contributed by atoms with Gasteiger partial charge >= 0.3 is 81.8 Å². The zero-order chi connectivity index (χ0) is 8.97. The average Bonchev–Trinajstić information content (AvgIpc) is 2.05. The molecule has 0 heterocycles. The summed E-state index contributed by atoms with van der Waals surface area (Å²) in [6, 6.07) is 7.83. The summed E-state index contributed by atoms with van der Waals surface area (Å²) < 4.78 is 1.35. The number of alkyl halides is 1. The molecule has 0 aliphatic carbocycles. The molecule has 0 aliphatic heterocycles. The summed E-state index contributed by atoms with van der Waals surface area (Å²) >= 11 is 0.128. The van der Waals surface area contributed by atoms with Crippen LogP contribution in [0.15, 0.2) is 24.3 Å². The van der Waals surface area contributed by atoms with E-state index < -0.39 is 5.97 Å². The normalized spacial score (nSPS) is 10.1. The minimum absolute atomic E-state index is 0.127. The van der Waals surface area contributed by atoms with Crippen LogP contribution in [0.3, 0.4) is 0 Å². The van der Waals surface area contributed by atoms with Gasteiger partial charge in [0.25, 0.3) is 0 Å². The van der Waals surface area contributed by atoms with Gasteiger partial charge in [-0.05, 0) is 0 Å². The fourth-order valence-corrected chi connectivity index (χ4v) is 1.98. The molecule has 0 amide bonds. The zero-order valence-corrected chi connectivity index (χ0v) is 8.91. The second-order valence-electron chi connectivity index (χ2n) is 2.39. The van der Waals surface area contributed by atoms with Crippen LogP contribution in [0.5, 0.6) is 0 Å². The molecule has 0 fully saturated rings. The third kappa shape index (κ3) is 2.81. The fourth-order valence-electron chi connectivity index (χ4n) is 0.903. The molecule has 66 valence electrons. The number of halogens is 1. The van der Waals surface area contributed by atoms with Crippen LogP contribution in [0.25, 0.3) is 0 Å². The van der Waals surface area contributed by atoms with E-state index in [4.69, 9.17) is 5.11 Å². The topological polar surface area (TPSA) is 37.3 Å². The van der Waals surface area contributed by atoms with Gasteiger partial charge in [-0.25, -0.2) is 0 Å². The van der Waals surface area contributed by atoms with Crippen LogP contribution in [0, 0.1) is 3.57 Å². The molecule has 3 heteroatoms. The molecule has 1 aromatic rings. The molecule has 1 rings (SSSR count). The van der Waals surface area contributed by atoms with Gasteiger partial charge in [-0.1, -0.05) is 0 Å². The van der Waals surface area contributed by atoms with Gasteiger partial charge in [0.15, 0.2) is 0 Å². The van der Waals surface area contributed by atoms with Crippen molar-refractivity contribution in [2.75, 3.05) is 4.93 Å². The fraction of sp³-hybridized carbons (Fsp3) is 0.222. The van der Waals surface area contributed by atoms with E-state index >= 15 is 0 Å². The van der Waals surface area contributed by atoms with Gasteiger partial charge in [0.05, 0.1) is 0 Å². The molecular weight excluding hydrogens is 267 g/mol. The Bertz CT molecular complexity index is 266. The molecule has 0 saturated heterocycles. The van der Waals surface area contributed by atoms with E-state index in [9.17, 15) is 4.79 Å². The third-order valence-electron chi connectivity index (χ3n) is 1.49. The second-order valence-corrected chi connectivity index (χ2v) is 4.71. The van der Waals surface area contributed by atoms with Gasteiger partial charge in [-0.3, -0.25) is 0 Å². The number of carbonyl (C=O) groups is 1. The number of hydrogen-bond acceptors (Lipinski definition) is 1. The Morgan fingerprint density at radius 2 is 2.00 bits per heavy atom. The van der Waals surface area contributed by atoms with Crippen LogP contribution in [0.1, 0.15) is 5.56 Å². The predicted molar refractivity (Wildman–Crippen MR) is 42.4 cm³/mol. The Morgan fingerprint density at radius 3 is 2.42 bits per heavy atom. The zero-order valence-electron chi connectivity index (χ0n) is 6.75. The first kappa shape index (κ1) is 9.51. The Morgan fingerprint density at radius 1 is 1.42 bits per heavy atom. The molecular formula is C9H10IO2-. The van der Waals surface area contributed by atoms with Crippen LogP contribution >= 0.6 is 0 Å². The first-order chi connectivity index (χ1) is 5.72. The van der Waals surface area contributed by atoms with Gasteiger partial charge in [-0.15, -0.1) is 0 Å². The number of rotatable bonds is 3. The molecule has 0 bridgehead atoms. The molecule has 2 nitrogen and oxygen atoms in total. The van der Waals surface area contributed by atoms with Crippen molar-refractivity contribution in [1.29, 1.82) is 0 Å². The molecule has 0 aromatic heterocycles. The monoisotopic (exact) mass is 277 g/mol. The summed E-state index contributed by atoms with van der Waals surface area (Å²) in [7, 11) is 0. The van der Waals surface area contributed by atoms with Crippen molar-refractivity contribution in [2.24, 2.45) is 0 Å². The van der Waals surface area contributed by atoms with E-state index in [-0.39, 0.29) is 27.6 Å². The van der Waals surface area contributed by atoms with Gasteiger partial charge in [0, 0.05) is 0 Å². The van der Waals surface area contributed by atoms with Crippen molar-refractivity contribution in [3.05, 3.63) is 33.4 Å². The standard InChI is InChI=1S/C9H10IO2/c1-10-8-4-2-7(3-5-8)6-9(11)12/h2-5H,6H2,1H3,(H,11,12)/q-1. The maximum absolute atomic E-state index is 10.3. The van der Waals surface area contributed by atoms with Crippen molar-refractivity contribution in [2.45, 2.75) is 6.42 Å². The van der Waals surface area contributed by atoms with E-state index in [1.807, 2.05) is 24.3 Å². The van der Waals surface area contributed by atoms with E-state index in [0.717, 1.165) is 5.56 Å². The maximum atomic E-state index is 10.3. The summed E-state index contributed by atoms with van der Waals surface area (Å²) in [5.41, 5.74) is 0.878. The van der Waals surface area contributed by atoms with Crippen LogP contribution in [-0.4, -0.2) is 16.0 Å². The molecule has 1 aromatic carbocycles. The van der Waals surface area contributed by atoms with E-state index in [0.29, 0.717) is 0 Å². The number of carboxylic acids is 1. The molecule has 0 aliphatic rings. The number of carboxylic acid groups (broad SMARTS) is 1. The van der Waals surface area contributed by atoms with Crippen LogP contribution in [0.4, 0.5) is 0 Å². The number of hydrogen-bond donors (Lipinski definition) is 1. The first-order valence-corrected chi connectivity index (χ1v) is 6.76. The van der Waals surface area contributed by atoms with E-state index in [1.165, 1.54) is 3.57 Å². The number of benzene rings is 1. The quantitative estimate of drug-likeness (QED) is 0.523. The summed E-state index contributed by atoms with van der Waals surface area (Å²) in [5, 5.41) is 8.50. The summed E-state index contributed by atoms with van der Waals surface area (Å²) in [6.07, 6.45) is 0.127. The molecule has 1 N–H and O–H groups in total. The van der Waals surface area contributed by atoms with Crippen molar-refractivity contribution in [3.8, 4) is 0 Å². The third-order valence-corrected chi connectivity index (χ3v) is 3.45.